The van der Waals surface area contributed by atoms with E-state index in [-0.39, 0.29) is 12.6 Å². The van der Waals surface area contributed by atoms with Crippen molar-refractivity contribution in [2.45, 2.75) is 13.5 Å². The van der Waals surface area contributed by atoms with Crippen molar-refractivity contribution in [3.8, 4) is 0 Å². The van der Waals surface area contributed by atoms with Crippen molar-refractivity contribution < 1.29 is 9.53 Å². The summed E-state index contributed by atoms with van der Waals surface area (Å²) in [6, 6.07) is 0. The normalized spacial score (nSPS) is 14.5. The number of ether oxygens (including phenoxy) is 1. The third-order valence-corrected chi connectivity index (χ3v) is 1.55. The standard InChI is InChI=1S/C7H6N2O2/c1-4-8-2-5-6(9-4)3-11-7(5)10/h2H,3H2,1H3. The van der Waals surface area contributed by atoms with Crippen molar-refractivity contribution >= 4 is 5.97 Å². The molecule has 0 atom stereocenters. The molecule has 1 aliphatic heterocycles. The summed E-state index contributed by atoms with van der Waals surface area (Å²) in [5.41, 5.74) is 1.19. The van der Waals surface area contributed by atoms with E-state index in [1.807, 2.05) is 0 Å². The van der Waals surface area contributed by atoms with E-state index in [1.54, 1.807) is 6.92 Å². The van der Waals surface area contributed by atoms with Crippen LogP contribution in [0.1, 0.15) is 21.9 Å². The Morgan fingerprint density at radius 2 is 2.45 bits per heavy atom. The molecule has 11 heavy (non-hydrogen) atoms. The summed E-state index contributed by atoms with van der Waals surface area (Å²) in [6.45, 7) is 2.07. The molecular formula is C7H6N2O2. The minimum absolute atomic E-state index is 0.289. The van der Waals surface area contributed by atoms with Crippen molar-refractivity contribution in [3.05, 3.63) is 23.3 Å². The van der Waals surface area contributed by atoms with E-state index in [0.717, 1.165) is 0 Å². The molecule has 56 valence electrons. The molecule has 0 radical (unpaired) electrons. The molecule has 0 amide bonds. The molecular weight excluding hydrogens is 144 g/mol. The Morgan fingerprint density at radius 1 is 1.64 bits per heavy atom. The average Bonchev–Trinajstić information content (AvgIpc) is 2.32. The number of rotatable bonds is 0. The largest absolute Gasteiger partial charge is 0.455 e. The molecule has 0 aromatic carbocycles. The van der Waals surface area contributed by atoms with Crippen molar-refractivity contribution in [2.24, 2.45) is 0 Å². The second-order valence-corrected chi connectivity index (χ2v) is 2.35. The zero-order valence-corrected chi connectivity index (χ0v) is 6.00. The number of esters is 1. The highest BCUT2D eigenvalue weighted by molar-refractivity contribution is 5.92. The molecule has 1 aliphatic rings. The van der Waals surface area contributed by atoms with Crippen LogP contribution in [0.25, 0.3) is 0 Å². The summed E-state index contributed by atoms with van der Waals surface area (Å²) in [6.07, 6.45) is 1.51. The van der Waals surface area contributed by atoms with Gasteiger partial charge in [0.15, 0.2) is 0 Å². The van der Waals surface area contributed by atoms with Crippen LogP contribution in [0.3, 0.4) is 0 Å². The Morgan fingerprint density at radius 3 is 3.27 bits per heavy atom. The summed E-state index contributed by atoms with van der Waals surface area (Å²) in [7, 11) is 0. The Labute approximate surface area is 63.2 Å². The molecule has 0 saturated heterocycles. The van der Waals surface area contributed by atoms with Crippen LogP contribution < -0.4 is 0 Å². The zero-order valence-electron chi connectivity index (χ0n) is 6.00. The predicted octanol–water partition coefficient (Wildman–Crippen LogP) is 0.455. The number of aromatic nitrogens is 2. The molecule has 1 aromatic heterocycles. The molecule has 0 saturated carbocycles. The fraction of sp³-hybridized carbons (Fsp3) is 0.286. The minimum atomic E-state index is -0.319. The van der Waals surface area contributed by atoms with Gasteiger partial charge >= 0.3 is 5.97 Å². The lowest BCUT2D eigenvalue weighted by Gasteiger charge is -1.92. The fourth-order valence-corrected chi connectivity index (χ4v) is 1.01. The van der Waals surface area contributed by atoms with Crippen molar-refractivity contribution in [3.63, 3.8) is 0 Å². The highest BCUT2D eigenvalue weighted by atomic mass is 16.5. The molecule has 2 heterocycles. The molecule has 0 aliphatic carbocycles. The molecule has 0 N–H and O–H groups in total. The molecule has 0 spiro atoms. The lowest BCUT2D eigenvalue weighted by Crippen LogP contribution is -1.97. The Balaban J connectivity index is 2.59. The number of fused-ring (bicyclic) bond motifs is 1. The van der Waals surface area contributed by atoms with Crippen LogP contribution in [-0.4, -0.2) is 15.9 Å². The van der Waals surface area contributed by atoms with Gasteiger partial charge in [0.2, 0.25) is 0 Å². The molecule has 0 fully saturated rings. The van der Waals surface area contributed by atoms with E-state index >= 15 is 0 Å². The number of hydrogen-bond donors (Lipinski definition) is 0. The summed E-state index contributed by atoms with van der Waals surface area (Å²) in [5, 5.41) is 0. The number of cyclic esters (lactones) is 1. The van der Waals surface area contributed by atoms with E-state index in [4.69, 9.17) is 4.74 Å². The first-order valence-corrected chi connectivity index (χ1v) is 3.27. The Bertz CT molecular complexity index is 322. The second-order valence-electron chi connectivity index (χ2n) is 2.35. The SMILES string of the molecule is Cc1ncc2c(n1)COC2=O. The first-order valence-electron chi connectivity index (χ1n) is 3.27. The zero-order chi connectivity index (χ0) is 7.84. The van der Waals surface area contributed by atoms with Crippen molar-refractivity contribution in [1.82, 2.24) is 9.97 Å². The Kier molecular flexibility index (Phi) is 1.15. The fourth-order valence-electron chi connectivity index (χ4n) is 1.01. The Hall–Kier alpha value is -1.45. The van der Waals surface area contributed by atoms with Gasteiger partial charge in [-0.15, -0.1) is 0 Å². The van der Waals surface area contributed by atoms with Gasteiger partial charge < -0.3 is 4.74 Å². The second kappa shape index (κ2) is 2.02. The number of aryl methyl sites for hydroxylation is 1. The average molecular weight is 150 g/mol. The third kappa shape index (κ3) is 0.869. The smallest absolute Gasteiger partial charge is 0.342 e. The molecule has 0 unspecified atom stereocenters. The summed E-state index contributed by atoms with van der Waals surface area (Å²) in [4.78, 5) is 18.8. The molecule has 4 nitrogen and oxygen atoms in total. The van der Waals surface area contributed by atoms with Crippen LogP contribution in [0.15, 0.2) is 6.20 Å². The highest BCUT2D eigenvalue weighted by Gasteiger charge is 2.22. The van der Waals surface area contributed by atoms with Crippen LogP contribution in [0, 0.1) is 6.92 Å². The van der Waals surface area contributed by atoms with Crippen LogP contribution >= 0.6 is 0 Å². The quantitative estimate of drug-likeness (QED) is 0.504. The summed E-state index contributed by atoms with van der Waals surface area (Å²) in [5.74, 6) is 0.349. The number of carbonyl (C=O) groups excluding carboxylic acids is 1. The minimum Gasteiger partial charge on any atom is -0.455 e. The van der Waals surface area contributed by atoms with Gasteiger partial charge in [0.1, 0.15) is 18.0 Å². The first kappa shape index (κ1) is 6.27. The maximum atomic E-state index is 10.9. The van der Waals surface area contributed by atoms with Crippen LogP contribution in [0.2, 0.25) is 0 Å². The van der Waals surface area contributed by atoms with Crippen molar-refractivity contribution in [1.29, 1.82) is 0 Å². The molecule has 2 rings (SSSR count). The van der Waals surface area contributed by atoms with Gasteiger partial charge in [-0.2, -0.15) is 0 Å². The van der Waals surface area contributed by atoms with Gasteiger partial charge in [0.25, 0.3) is 0 Å². The summed E-state index contributed by atoms with van der Waals surface area (Å²) >= 11 is 0. The van der Waals surface area contributed by atoms with Gasteiger partial charge in [-0.05, 0) is 6.92 Å². The highest BCUT2D eigenvalue weighted by Crippen LogP contribution is 2.15. The number of nitrogens with zero attached hydrogens (tertiary/aromatic N) is 2. The first-order chi connectivity index (χ1) is 5.27. The predicted molar refractivity (Wildman–Crippen MR) is 35.9 cm³/mol. The maximum Gasteiger partial charge on any atom is 0.342 e. The van der Waals surface area contributed by atoms with Gasteiger partial charge in [-0.1, -0.05) is 0 Å². The van der Waals surface area contributed by atoms with Crippen LogP contribution in [0.4, 0.5) is 0 Å². The molecule has 4 heteroatoms. The van der Waals surface area contributed by atoms with Crippen LogP contribution in [0.5, 0.6) is 0 Å². The van der Waals surface area contributed by atoms with E-state index in [9.17, 15) is 4.79 Å². The van der Waals surface area contributed by atoms with Gasteiger partial charge in [-0.3, -0.25) is 0 Å². The molecule has 1 aromatic rings. The maximum absolute atomic E-state index is 10.9. The lowest BCUT2D eigenvalue weighted by atomic mass is 10.3. The lowest BCUT2D eigenvalue weighted by molar-refractivity contribution is 0.0533. The number of carbonyl (C=O) groups is 1. The van der Waals surface area contributed by atoms with E-state index in [0.29, 0.717) is 17.1 Å². The van der Waals surface area contributed by atoms with E-state index in [2.05, 4.69) is 9.97 Å². The molecule has 0 bridgehead atoms. The van der Waals surface area contributed by atoms with Gasteiger partial charge in [0, 0.05) is 6.20 Å². The van der Waals surface area contributed by atoms with Crippen molar-refractivity contribution in [2.75, 3.05) is 0 Å². The van der Waals surface area contributed by atoms with E-state index < -0.39 is 0 Å². The topological polar surface area (TPSA) is 52.1 Å². The summed E-state index contributed by atoms with van der Waals surface area (Å²) < 4.78 is 4.74. The van der Waals surface area contributed by atoms with Gasteiger partial charge in [0.05, 0.1) is 5.69 Å². The number of hydrogen-bond acceptors (Lipinski definition) is 4. The monoisotopic (exact) mass is 150 g/mol. The third-order valence-electron chi connectivity index (χ3n) is 1.55. The van der Waals surface area contributed by atoms with Crippen LogP contribution in [-0.2, 0) is 11.3 Å². The van der Waals surface area contributed by atoms with Gasteiger partial charge in [-0.25, -0.2) is 14.8 Å². The van der Waals surface area contributed by atoms with E-state index in [1.165, 1.54) is 6.20 Å².